The second-order valence-electron chi connectivity index (χ2n) is 4.42. The third-order valence-electron chi connectivity index (χ3n) is 2.98. The first kappa shape index (κ1) is 13.8. The zero-order chi connectivity index (χ0) is 14.2. The number of carbonyl (C=O) groups is 1. The molecular weight excluding hydrogens is 308 g/mol. The summed E-state index contributed by atoms with van der Waals surface area (Å²) in [5.74, 6) is 1.22. The molecule has 0 fully saturated rings. The third-order valence-corrected chi connectivity index (χ3v) is 3.47. The largest absolute Gasteiger partial charge is 0.453 e. The monoisotopic (exact) mass is 322 g/mol. The van der Waals surface area contributed by atoms with Gasteiger partial charge in [-0.3, -0.25) is 9.48 Å². The van der Waals surface area contributed by atoms with Crippen LogP contribution in [0.4, 0.5) is 0 Å². The van der Waals surface area contributed by atoms with Gasteiger partial charge in [-0.25, -0.2) is 0 Å². The Kier molecular flexibility index (Phi) is 3.75. The molecule has 0 unspecified atom stereocenters. The Labute approximate surface area is 120 Å². The maximum atomic E-state index is 11.7. The third kappa shape index (κ3) is 2.71. The number of ketones is 1. The molecular formula is C14H15BrN2O2. The van der Waals surface area contributed by atoms with Gasteiger partial charge < -0.3 is 4.74 Å². The van der Waals surface area contributed by atoms with Gasteiger partial charge in [0.15, 0.2) is 11.5 Å². The minimum Gasteiger partial charge on any atom is -0.453 e. The van der Waals surface area contributed by atoms with Crippen LogP contribution >= 0.6 is 15.9 Å². The Morgan fingerprint density at radius 3 is 2.58 bits per heavy atom. The number of aromatic nitrogens is 2. The van der Waals surface area contributed by atoms with E-state index in [-0.39, 0.29) is 5.78 Å². The highest BCUT2D eigenvalue weighted by atomic mass is 79.9. The standard InChI is InChI=1S/C14H15BrN2O2/c1-8-14(9(2)17(4)16-8)19-13-6-5-11(15)7-12(13)10(3)18/h5-7H,1-4H3. The summed E-state index contributed by atoms with van der Waals surface area (Å²) in [5, 5.41) is 4.30. The van der Waals surface area contributed by atoms with E-state index in [9.17, 15) is 4.79 Å². The van der Waals surface area contributed by atoms with Gasteiger partial charge >= 0.3 is 0 Å². The normalized spacial score (nSPS) is 10.6. The van der Waals surface area contributed by atoms with Gasteiger partial charge in [0, 0.05) is 11.5 Å². The predicted molar refractivity (Wildman–Crippen MR) is 76.9 cm³/mol. The van der Waals surface area contributed by atoms with Crippen molar-refractivity contribution in [2.45, 2.75) is 20.8 Å². The molecule has 1 heterocycles. The zero-order valence-corrected chi connectivity index (χ0v) is 12.9. The Morgan fingerprint density at radius 1 is 1.37 bits per heavy atom. The van der Waals surface area contributed by atoms with Crippen LogP contribution in [0.3, 0.4) is 0 Å². The topological polar surface area (TPSA) is 44.1 Å². The van der Waals surface area contributed by atoms with Crippen LogP contribution in [0.2, 0.25) is 0 Å². The van der Waals surface area contributed by atoms with Crippen LogP contribution in [-0.4, -0.2) is 15.6 Å². The highest BCUT2D eigenvalue weighted by Gasteiger charge is 2.15. The Bertz CT molecular complexity index is 647. The number of hydrogen-bond acceptors (Lipinski definition) is 3. The average Bonchev–Trinajstić information content (AvgIpc) is 2.57. The summed E-state index contributed by atoms with van der Waals surface area (Å²) in [4.78, 5) is 11.7. The summed E-state index contributed by atoms with van der Waals surface area (Å²) < 4.78 is 8.50. The van der Waals surface area contributed by atoms with Crippen LogP contribution in [-0.2, 0) is 7.05 Å². The van der Waals surface area contributed by atoms with Gasteiger partial charge in [-0.2, -0.15) is 5.10 Å². The molecule has 4 nitrogen and oxygen atoms in total. The molecule has 19 heavy (non-hydrogen) atoms. The van der Waals surface area contributed by atoms with Crippen LogP contribution in [0.5, 0.6) is 11.5 Å². The molecule has 0 aliphatic heterocycles. The van der Waals surface area contributed by atoms with Crippen LogP contribution in [0.1, 0.15) is 28.7 Å². The second kappa shape index (κ2) is 5.17. The lowest BCUT2D eigenvalue weighted by Crippen LogP contribution is -1.98. The molecule has 0 saturated heterocycles. The van der Waals surface area contributed by atoms with E-state index in [2.05, 4.69) is 21.0 Å². The van der Waals surface area contributed by atoms with Crippen molar-refractivity contribution in [1.82, 2.24) is 9.78 Å². The van der Waals surface area contributed by atoms with Gasteiger partial charge in [0.05, 0.1) is 11.3 Å². The summed E-state index contributed by atoms with van der Waals surface area (Å²) >= 11 is 3.36. The molecule has 1 aromatic heterocycles. The smallest absolute Gasteiger partial charge is 0.171 e. The fraction of sp³-hybridized carbons (Fsp3) is 0.286. The molecule has 0 N–H and O–H groups in total. The first-order valence-corrected chi connectivity index (χ1v) is 6.68. The highest BCUT2D eigenvalue weighted by molar-refractivity contribution is 9.10. The van der Waals surface area contributed by atoms with Crippen molar-refractivity contribution in [2.24, 2.45) is 7.05 Å². The van der Waals surface area contributed by atoms with E-state index < -0.39 is 0 Å². The van der Waals surface area contributed by atoms with Crippen molar-refractivity contribution in [1.29, 1.82) is 0 Å². The molecule has 2 rings (SSSR count). The fourth-order valence-electron chi connectivity index (χ4n) is 1.88. The van der Waals surface area contributed by atoms with E-state index in [0.717, 1.165) is 15.9 Å². The molecule has 0 bridgehead atoms. The molecule has 0 radical (unpaired) electrons. The molecule has 5 heteroatoms. The Balaban J connectivity index is 2.46. The van der Waals surface area contributed by atoms with Crippen molar-refractivity contribution in [3.63, 3.8) is 0 Å². The lowest BCUT2D eigenvalue weighted by atomic mass is 10.1. The van der Waals surface area contributed by atoms with Gasteiger partial charge in [0.1, 0.15) is 11.4 Å². The molecule has 0 saturated carbocycles. The molecule has 0 spiro atoms. The van der Waals surface area contributed by atoms with Crippen LogP contribution in [0.25, 0.3) is 0 Å². The van der Waals surface area contributed by atoms with Crippen LogP contribution < -0.4 is 4.74 Å². The van der Waals surface area contributed by atoms with E-state index in [1.54, 1.807) is 16.8 Å². The minimum absolute atomic E-state index is 0.0319. The fourth-order valence-corrected chi connectivity index (χ4v) is 2.24. The highest BCUT2D eigenvalue weighted by Crippen LogP contribution is 2.32. The summed E-state index contributed by atoms with van der Waals surface area (Å²) in [6, 6.07) is 5.40. The first-order valence-electron chi connectivity index (χ1n) is 5.88. The molecule has 0 atom stereocenters. The van der Waals surface area contributed by atoms with Crippen molar-refractivity contribution in [2.75, 3.05) is 0 Å². The number of hydrogen-bond donors (Lipinski definition) is 0. The number of ether oxygens (including phenoxy) is 1. The first-order chi connectivity index (χ1) is 8.90. The summed E-state index contributed by atoms with van der Waals surface area (Å²) in [5.41, 5.74) is 2.28. The maximum absolute atomic E-state index is 11.7. The Morgan fingerprint density at radius 2 is 2.05 bits per heavy atom. The van der Waals surface area contributed by atoms with Crippen molar-refractivity contribution in [3.05, 3.63) is 39.6 Å². The predicted octanol–water partition coefficient (Wildman–Crippen LogP) is 3.79. The minimum atomic E-state index is -0.0319. The average molecular weight is 323 g/mol. The van der Waals surface area contributed by atoms with Crippen molar-refractivity contribution >= 4 is 21.7 Å². The molecule has 0 aliphatic carbocycles. The van der Waals surface area contributed by atoms with Crippen LogP contribution in [0.15, 0.2) is 22.7 Å². The quantitative estimate of drug-likeness (QED) is 0.807. The van der Waals surface area contributed by atoms with E-state index >= 15 is 0 Å². The SMILES string of the molecule is CC(=O)c1cc(Br)ccc1Oc1c(C)nn(C)c1C. The summed E-state index contributed by atoms with van der Waals surface area (Å²) in [6.07, 6.45) is 0. The van der Waals surface area contributed by atoms with Gasteiger partial charge in [-0.05, 0) is 39.0 Å². The van der Waals surface area contributed by atoms with Gasteiger partial charge in [-0.15, -0.1) is 0 Å². The second-order valence-corrected chi connectivity index (χ2v) is 5.34. The van der Waals surface area contributed by atoms with Crippen molar-refractivity contribution < 1.29 is 9.53 Å². The Hall–Kier alpha value is -1.62. The molecule has 0 aliphatic rings. The number of benzene rings is 1. The van der Waals surface area contributed by atoms with Crippen LogP contribution in [0, 0.1) is 13.8 Å². The van der Waals surface area contributed by atoms with E-state index in [1.165, 1.54) is 6.92 Å². The lowest BCUT2D eigenvalue weighted by molar-refractivity contribution is 0.101. The van der Waals surface area contributed by atoms with E-state index in [4.69, 9.17) is 4.74 Å². The maximum Gasteiger partial charge on any atom is 0.171 e. The molecule has 100 valence electrons. The number of halogens is 1. The van der Waals surface area contributed by atoms with E-state index in [1.807, 2.05) is 27.0 Å². The number of carbonyl (C=O) groups excluding carboxylic acids is 1. The molecule has 1 aromatic carbocycles. The number of aryl methyl sites for hydroxylation is 2. The van der Waals surface area contributed by atoms with Crippen molar-refractivity contribution in [3.8, 4) is 11.5 Å². The number of Topliss-reactive ketones (excluding diaryl/α,β-unsaturated/α-hetero) is 1. The molecule has 0 amide bonds. The number of nitrogens with zero attached hydrogens (tertiary/aromatic N) is 2. The van der Waals surface area contributed by atoms with Gasteiger partial charge in [0.2, 0.25) is 0 Å². The number of rotatable bonds is 3. The summed E-state index contributed by atoms with van der Waals surface area (Å²) in [7, 11) is 1.86. The van der Waals surface area contributed by atoms with Gasteiger partial charge in [-0.1, -0.05) is 15.9 Å². The van der Waals surface area contributed by atoms with Gasteiger partial charge in [0.25, 0.3) is 0 Å². The molecule has 2 aromatic rings. The summed E-state index contributed by atoms with van der Waals surface area (Å²) in [6.45, 7) is 5.34. The lowest BCUT2D eigenvalue weighted by Gasteiger charge is -2.10. The van der Waals surface area contributed by atoms with E-state index in [0.29, 0.717) is 17.1 Å². The zero-order valence-electron chi connectivity index (χ0n) is 11.3.